The van der Waals surface area contributed by atoms with Crippen molar-refractivity contribution in [1.29, 1.82) is 0 Å². The number of hydrogen-bond donors (Lipinski definition) is 3. The summed E-state index contributed by atoms with van der Waals surface area (Å²) in [7, 11) is 0. The van der Waals surface area contributed by atoms with Crippen LogP contribution < -0.4 is 5.32 Å². The van der Waals surface area contributed by atoms with Gasteiger partial charge in [-0.15, -0.1) is 0 Å². The molecule has 1 heterocycles. The quantitative estimate of drug-likeness (QED) is 0.723. The molecule has 0 radical (unpaired) electrons. The number of benzene rings is 1. The van der Waals surface area contributed by atoms with Gasteiger partial charge in [0.2, 0.25) is 5.76 Å². The lowest BCUT2D eigenvalue weighted by atomic mass is 10.1. The Morgan fingerprint density at radius 3 is 2.90 bits per heavy atom. The number of rotatable bonds is 7. The zero-order chi connectivity index (χ0) is 14.5. The van der Waals surface area contributed by atoms with Crippen LogP contribution in [0.2, 0.25) is 0 Å². The predicted molar refractivity (Wildman–Crippen MR) is 75.7 cm³/mol. The molecule has 5 nitrogen and oxygen atoms in total. The molecule has 0 saturated heterocycles. The molecule has 1 aromatic carbocycles. The monoisotopic (exact) mass is 277 g/mol. The number of aliphatic hydroxyl groups is 1. The van der Waals surface area contributed by atoms with Crippen LogP contribution in [0.4, 0.5) is 0 Å². The van der Waals surface area contributed by atoms with Gasteiger partial charge in [-0.3, -0.25) is 0 Å². The van der Waals surface area contributed by atoms with Gasteiger partial charge in [0, 0.05) is 18.5 Å². The summed E-state index contributed by atoms with van der Waals surface area (Å²) in [5.41, 5.74) is 1.66. The van der Waals surface area contributed by atoms with E-state index in [4.69, 9.17) is 14.6 Å². The summed E-state index contributed by atoms with van der Waals surface area (Å²) in [4.78, 5) is 10.8. The number of carboxylic acid groups (broad SMARTS) is 1. The summed E-state index contributed by atoms with van der Waals surface area (Å²) in [5.74, 6) is -0.670. The minimum atomic E-state index is -1.06. The molecule has 1 unspecified atom stereocenters. The summed E-state index contributed by atoms with van der Waals surface area (Å²) in [6, 6.07) is 7.17. The maximum Gasteiger partial charge on any atom is 0.371 e. The molecule has 20 heavy (non-hydrogen) atoms. The van der Waals surface area contributed by atoms with Crippen molar-refractivity contribution in [3.05, 3.63) is 35.6 Å². The molecule has 0 aliphatic heterocycles. The van der Waals surface area contributed by atoms with Crippen LogP contribution in [-0.4, -0.2) is 29.3 Å². The Balaban J connectivity index is 1.99. The molecule has 1 aromatic heterocycles. The lowest BCUT2D eigenvalue weighted by Crippen LogP contribution is -2.21. The first-order valence-corrected chi connectivity index (χ1v) is 6.67. The average molecular weight is 277 g/mol. The van der Waals surface area contributed by atoms with Crippen LogP contribution in [0.25, 0.3) is 11.0 Å². The van der Waals surface area contributed by atoms with Crippen LogP contribution in [0.1, 0.15) is 29.5 Å². The summed E-state index contributed by atoms with van der Waals surface area (Å²) >= 11 is 0. The molecular formula is C15H19NO4. The summed E-state index contributed by atoms with van der Waals surface area (Å²) < 4.78 is 5.21. The Labute approximate surface area is 117 Å². The molecule has 0 saturated carbocycles. The number of carbonyl (C=O) groups is 1. The van der Waals surface area contributed by atoms with Gasteiger partial charge < -0.3 is 19.9 Å². The number of furan rings is 1. The number of fused-ring (bicyclic) bond motifs is 1. The predicted octanol–water partition coefficient (Wildman–Crippen LogP) is 2.24. The highest BCUT2D eigenvalue weighted by Crippen LogP contribution is 2.20. The smallest absolute Gasteiger partial charge is 0.371 e. The number of carboxylic acids is 1. The van der Waals surface area contributed by atoms with Gasteiger partial charge in [0.25, 0.3) is 0 Å². The molecule has 2 rings (SSSR count). The summed E-state index contributed by atoms with van der Waals surface area (Å²) in [6.45, 7) is 3.84. The molecule has 0 spiro atoms. The van der Waals surface area contributed by atoms with Crippen LogP contribution >= 0.6 is 0 Å². The van der Waals surface area contributed by atoms with Gasteiger partial charge in [0.05, 0.1) is 0 Å². The van der Waals surface area contributed by atoms with Gasteiger partial charge in [-0.25, -0.2) is 4.79 Å². The number of aliphatic hydroxyl groups excluding tert-OH is 1. The fourth-order valence-corrected chi connectivity index (χ4v) is 2.09. The van der Waals surface area contributed by atoms with Gasteiger partial charge in [-0.2, -0.15) is 0 Å². The van der Waals surface area contributed by atoms with E-state index in [1.807, 2.05) is 12.1 Å². The Morgan fingerprint density at radius 2 is 2.20 bits per heavy atom. The van der Waals surface area contributed by atoms with Gasteiger partial charge in [-0.1, -0.05) is 13.0 Å². The highest BCUT2D eigenvalue weighted by molar-refractivity contribution is 5.91. The molecule has 2 aromatic rings. The largest absolute Gasteiger partial charge is 0.475 e. The Hall–Kier alpha value is -1.85. The van der Waals surface area contributed by atoms with Crippen molar-refractivity contribution in [2.45, 2.75) is 19.9 Å². The van der Waals surface area contributed by atoms with Crippen LogP contribution in [0.3, 0.4) is 0 Å². The lowest BCUT2D eigenvalue weighted by Gasteiger charge is -2.10. The van der Waals surface area contributed by atoms with Crippen molar-refractivity contribution >= 4 is 16.9 Å². The van der Waals surface area contributed by atoms with Crippen LogP contribution in [0.5, 0.6) is 0 Å². The van der Waals surface area contributed by atoms with Crippen LogP contribution in [0, 0.1) is 5.92 Å². The highest BCUT2D eigenvalue weighted by Gasteiger charge is 2.10. The number of nitrogens with one attached hydrogen (secondary N) is 1. The van der Waals surface area contributed by atoms with E-state index in [-0.39, 0.29) is 12.4 Å². The number of hydrogen-bond acceptors (Lipinski definition) is 4. The van der Waals surface area contributed by atoms with Crippen molar-refractivity contribution in [3.8, 4) is 0 Å². The van der Waals surface area contributed by atoms with E-state index in [0.29, 0.717) is 18.0 Å². The lowest BCUT2D eigenvalue weighted by molar-refractivity contribution is 0.0665. The molecule has 3 N–H and O–H groups in total. The zero-order valence-corrected chi connectivity index (χ0v) is 11.4. The molecule has 0 aliphatic rings. The molecule has 0 aliphatic carbocycles. The van der Waals surface area contributed by atoms with E-state index < -0.39 is 5.97 Å². The molecular weight excluding hydrogens is 258 g/mol. The van der Waals surface area contributed by atoms with E-state index in [0.717, 1.165) is 23.9 Å². The van der Waals surface area contributed by atoms with Gasteiger partial charge in [-0.05, 0) is 42.6 Å². The maximum absolute atomic E-state index is 10.8. The normalized spacial score (nSPS) is 12.7. The fourth-order valence-electron chi connectivity index (χ4n) is 2.09. The topological polar surface area (TPSA) is 82.7 Å². The minimum absolute atomic E-state index is 0.0401. The molecule has 5 heteroatoms. The van der Waals surface area contributed by atoms with Crippen molar-refractivity contribution < 1.29 is 19.4 Å². The standard InChI is InChI=1S/C15H19NO4/c1-10(4-5-17)8-16-9-11-2-3-13-12(6-11)7-14(20-13)15(18)19/h2-3,6-7,10,16-17H,4-5,8-9H2,1H3,(H,18,19). The van der Waals surface area contributed by atoms with Crippen molar-refractivity contribution in [3.63, 3.8) is 0 Å². The Bertz CT molecular complexity index is 591. The first kappa shape index (κ1) is 14.6. The Morgan fingerprint density at radius 1 is 1.40 bits per heavy atom. The van der Waals surface area contributed by atoms with Crippen molar-refractivity contribution in [2.75, 3.05) is 13.2 Å². The van der Waals surface area contributed by atoms with E-state index in [1.54, 1.807) is 6.07 Å². The van der Waals surface area contributed by atoms with E-state index >= 15 is 0 Å². The molecule has 108 valence electrons. The average Bonchev–Trinajstić information content (AvgIpc) is 2.82. The molecule has 0 fully saturated rings. The minimum Gasteiger partial charge on any atom is -0.475 e. The first-order chi connectivity index (χ1) is 9.60. The van der Waals surface area contributed by atoms with Crippen molar-refractivity contribution in [2.24, 2.45) is 5.92 Å². The second kappa shape index (κ2) is 6.54. The molecule has 1 atom stereocenters. The van der Waals surface area contributed by atoms with E-state index in [1.165, 1.54) is 6.07 Å². The highest BCUT2D eigenvalue weighted by atomic mass is 16.4. The fraction of sp³-hybridized carbons (Fsp3) is 0.400. The van der Waals surface area contributed by atoms with Crippen molar-refractivity contribution in [1.82, 2.24) is 5.32 Å². The third kappa shape index (κ3) is 3.59. The third-order valence-corrected chi connectivity index (χ3v) is 3.24. The second-order valence-corrected chi connectivity index (χ2v) is 5.04. The molecule has 0 bridgehead atoms. The maximum atomic E-state index is 10.8. The zero-order valence-electron chi connectivity index (χ0n) is 11.4. The third-order valence-electron chi connectivity index (χ3n) is 3.24. The van der Waals surface area contributed by atoms with E-state index in [9.17, 15) is 4.79 Å². The SMILES string of the molecule is CC(CCO)CNCc1ccc2oc(C(=O)O)cc2c1. The Kier molecular flexibility index (Phi) is 4.76. The summed E-state index contributed by atoms with van der Waals surface area (Å²) in [5, 5.41) is 21.8. The first-order valence-electron chi connectivity index (χ1n) is 6.67. The second-order valence-electron chi connectivity index (χ2n) is 5.04. The molecule has 0 amide bonds. The van der Waals surface area contributed by atoms with Crippen LogP contribution in [0.15, 0.2) is 28.7 Å². The summed E-state index contributed by atoms with van der Waals surface area (Å²) in [6.07, 6.45) is 0.787. The van der Waals surface area contributed by atoms with Crippen LogP contribution in [-0.2, 0) is 6.54 Å². The van der Waals surface area contributed by atoms with Gasteiger partial charge in [0.1, 0.15) is 5.58 Å². The van der Waals surface area contributed by atoms with Gasteiger partial charge >= 0.3 is 5.97 Å². The number of aromatic carboxylic acids is 1. The van der Waals surface area contributed by atoms with Gasteiger partial charge in [0.15, 0.2) is 0 Å². The van der Waals surface area contributed by atoms with E-state index in [2.05, 4.69) is 12.2 Å².